The summed E-state index contributed by atoms with van der Waals surface area (Å²) < 4.78 is 18.3. The highest BCUT2D eigenvalue weighted by atomic mass is 16.6. The number of methoxy groups -OCH3 is 1. The molecule has 19 heavy (non-hydrogen) atoms. The molecule has 2 heterocycles. The van der Waals surface area contributed by atoms with E-state index in [1.165, 1.54) is 0 Å². The molecule has 1 saturated heterocycles. The molecule has 0 aromatic carbocycles. The molecule has 1 aliphatic heterocycles. The molecule has 2 unspecified atom stereocenters. The second-order valence-corrected chi connectivity index (χ2v) is 4.87. The van der Waals surface area contributed by atoms with Gasteiger partial charge in [-0.2, -0.15) is 0 Å². The standard InChI is InChI=1S/C13H23N3O3/c1-10-7-16(11(2)8-17-3)13(15-10)14-6-12-9-18-4-5-19-12/h7,11-12H,4-6,8-9H2,1-3H3,(H,14,15). The maximum Gasteiger partial charge on any atom is 0.203 e. The summed E-state index contributed by atoms with van der Waals surface area (Å²) in [6.07, 6.45) is 2.13. The first-order valence-corrected chi connectivity index (χ1v) is 6.68. The maximum absolute atomic E-state index is 5.61. The molecule has 1 aromatic rings. The van der Waals surface area contributed by atoms with Gasteiger partial charge in [0.15, 0.2) is 0 Å². The lowest BCUT2D eigenvalue weighted by atomic mass is 10.3. The lowest BCUT2D eigenvalue weighted by Gasteiger charge is -2.24. The van der Waals surface area contributed by atoms with Crippen LogP contribution in [0.3, 0.4) is 0 Å². The van der Waals surface area contributed by atoms with Crippen molar-refractivity contribution in [3.8, 4) is 0 Å². The summed E-state index contributed by atoms with van der Waals surface area (Å²) in [6, 6.07) is 0.247. The predicted molar refractivity (Wildman–Crippen MR) is 72.6 cm³/mol. The first-order valence-electron chi connectivity index (χ1n) is 6.68. The van der Waals surface area contributed by atoms with E-state index in [4.69, 9.17) is 14.2 Å². The number of hydrogen-bond acceptors (Lipinski definition) is 5. The minimum Gasteiger partial charge on any atom is -0.383 e. The molecule has 1 aliphatic rings. The van der Waals surface area contributed by atoms with Crippen LogP contribution in [0.4, 0.5) is 5.95 Å². The smallest absolute Gasteiger partial charge is 0.203 e. The minimum absolute atomic E-state index is 0.0944. The number of ether oxygens (including phenoxy) is 3. The first kappa shape index (κ1) is 14.3. The monoisotopic (exact) mass is 269 g/mol. The van der Waals surface area contributed by atoms with Gasteiger partial charge in [-0.15, -0.1) is 0 Å². The Balaban J connectivity index is 1.94. The Morgan fingerprint density at radius 2 is 2.42 bits per heavy atom. The molecular weight excluding hydrogens is 246 g/mol. The van der Waals surface area contributed by atoms with Crippen molar-refractivity contribution >= 4 is 5.95 Å². The highest BCUT2D eigenvalue weighted by Gasteiger charge is 2.16. The zero-order valence-corrected chi connectivity index (χ0v) is 11.9. The zero-order valence-electron chi connectivity index (χ0n) is 11.9. The van der Waals surface area contributed by atoms with Crippen molar-refractivity contribution in [3.63, 3.8) is 0 Å². The van der Waals surface area contributed by atoms with Crippen LogP contribution in [0.5, 0.6) is 0 Å². The topological polar surface area (TPSA) is 57.5 Å². The Hall–Kier alpha value is -1.11. The number of hydrogen-bond donors (Lipinski definition) is 1. The van der Waals surface area contributed by atoms with Gasteiger partial charge in [0.25, 0.3) is 0 Å². The quantitative estimate of drug-likeness (QED) is 0.841. The van der Waals surface area contributed by atoms with Crippen LogP contribution < -0.4 is 5.32 Å². The first-order chi connectivity index (χ1) is 9.20. The van der Waals surface area contributed by atoms with Crippen molar-refractivity contribution in [1.29, 1.82) is 0 Å². The van der Waals surface area contributed by atoms with Crippen LogP contribution in [0, 0.1) is 6.92 Å². The van der Waals surface area contributed by atoms with E-state index in [0.29, 0.717) is 33.0 Å². The van der Waals surface area contributed by atoms with Crippen molar-refractivity contribution < 1.29 is 14.2 Å². The van der Waals surface area contributed by atoms with Crippen LogP contribution in [0.1, 0.15) is 18.7 Å². The van der Waals surface area contributed by atoms with Crippen LogP contribution in [0.2, 0.25) is 0 Å². The van der Waals surface area contributed by atoms with Crippen molar-refractivity contribution in [2.45, 2.75) is 26.0 Å². The molecule has 0 spiro atoms. The summed E-state index contributed by atoms with van der Waals surface area (Å²) in [5.41, 5.74) is 0.992. The number of imidazole rings is 1. The minimum atomic E-state index is 0.0944. The van der Waals surface area contributed by atoms with Crippen LogP contribution in [0.25, 0.3) is 0 Å². The molecule has 2 atom stereocenters. The molecule has 1 aromatic heterocycles. The lowest BCUT2D eigenvalue weighted by molar-refractivity contribution is -0.0819. The molecule has 0 radical (unpaired) electrons. The van der Waals surface area contributed by atoms with Gasteiger partial charge in [-0.3, -0.25) is 0 Å². The van der Waals surface area contributed by atoms with Gasteiger partial charge < -0.3 is 24.1 Å². The number of aryl methyl sites for hydroxylation is 1. The summed E-state index contributed by atoms with van der Waals surface area (Å²) in [5, 5.41) is 3.33. The van der Waals surface area contributed by atoms with Gasteiger partial charge in [0.05, 0.1) is 44.3 Å². The Kier molecular flexibility index (Phi) is 5.18. The third-order valence-corrected chi connectivity index (χ3v) is 3.11. The van der Waals surface area contributed by atoms with E-state index >= 15 is 0 Å². The third kappa shape index (κ3) is 3.92. The Morgan fingerprint density at radius 3 is 3.11 bits per heavy atom. The van der Waals surface area contributed by atoms with Gasteiger partial charge in [-0.05, 0) is 13.8 Å². The molecule has 0 saturated carbocycles. The fourth-order valence-electron chi connectivity index (χ4n) is 2.16. The maximum atomic E-state index is 5.61. The molecule has 6 heteroatoms. The molecule has 0 amide bonds. The number of aromatic nitrogens is 2. The van der Waals surface area contributed by atoms with Crippen LogP contribution in [-0.2, 0) is 14.2 Å². The molecule has 6 nitrogen and oxygen atoms in total. The second-order valence-electron chi connectivity index (χ2n) is 4.87. The normalized spacial score (nSPS) is 21.3. The summed E-state index contributed by atoms with van der Waals surface area (Å²) >= 11 is 0. The number of nitrogens with one attached hydrogen (secondary N) is 1. The molecular formula is C13H23N3O3. The summed E-state index contributed by atoms with van der Waals surface area (Å²) in [5.74, 6) is 0.858. The zero-order chi connectivity index (χ0) is 13.7. The third-order valence-electron chi connectivity index (χ3n) is 3.11. The van der Waals surface area contributed by atoms with E-state index in [-0.39, 0.29) is 12.1 Å². The van der Waals surface area contributed by atoms with Crippen molar-refractivity contribution in [3.05, 3.63) is 11.9 Å². The fourth-order valence-corrected chi connectivity index (χ4v) is 2.16. The molecule has 2 rings (SSSR count). The highest BCUT2D eigenvalue weighted by molar-refractivity contribution is 5.29. The lowest BCUT2D eigenvalue weighted by Crippen LogP contribution is -2.34. The molecule has 108 valence electrons. The van der Waals surface area contributed by atoms with Gasteiger partial charge in [0.2, 0.25) is 5.95 Å². The summed E-state index contributed by atoms with van der Waals surface area (Å²) in [6.45, 7) is 7.45. The van der Waals surface area contributed by atoms with Crippen LogP contribution >= 0.6 is 0 Å². The Labute approximate surface area is 114 Å². The molecule has 0 bridgehead atoms. The van der Waals surface area contributed by atoms with Gasteiger partial charge in [0, 0.05) is 19.9 Å². The molecule has 1 fully saturated rings. The van der Waals surface area contributed by atoms with Gasteiger partial charge in [-0.1, -0.05) is 0 Å². The van der Waals surface area contributed by atoms with E-state index in [9.17, 15) is 0 Å². The average molecular weight is 269 g/mol. The molecule has 1 N–H and O–H groups in total. The number of nitrogens with zero attached hydrogens (tertiary/aromatic N) is 2. The number of anilines is 1. The summed E-state index contributed by atoms with van der Waals surface area (Å²) in [4.78, 5) is 4.50. The average Bonchev–Trinajstić information content (AvgIpc) is 2.79. The SMILES string of the molecule is COCC(C)n1cc(C)nc1NCC1COCCO1. The van der Waals surface area contributed by atoms with E-state index in [1.807, 2.05) is 13.1 Å². The fraction of sp³-hybridized carbons (Fsp3) is 0.769. The van der Waals surface area contributed by atoms with Crippen LogP contribution in [0.15, 0.2) is 6.20 Å². The summed E-state index contributed by atoms with van der Waals surface area (Å²) in [7, 11) is 1.71. The number of rotatable bonds is 6. The van der Waals surface area contributed by atoms with E-state index in [2.05, 4.69) is 21.8 Å². The van der Waals surface area contributed by atoms with Crippen molar-refractivity contribution in [2.24, 2.45) is 0 Å². The highest BCUT2D eigenvalue weighted by Crippen LogP contribution is 2.16. The molecule has 0 aliphatic carbocycles. The Morgan fingerprint density at radius 1 is 1.58 bits per heavy atom. The van der Waals surface area contributed by atoms with E-state index in [0.717, 1.165) is 11.6 Å². The van der Waals surface area contributed by atoms with E-state index in [1.54, 1.807) is 7.11 Å². The largest absolute Gasteiger partial charge is 0.383 e. The van der Waals surface area contributed by atoms with Gasteiger partial charge in [0.1, 0.15) is 0 Å². The Bertz CT molecular complexity index is 388. The predicted octanol–water partition coefficient (Wildman–Crippen LogP) is 1.23. The van der Waals surface area contributed by atoms with Gasteiger partial charge in [-0.25, -0.2) is 4.98 Å². The van der Waals surface area contributed by atoms with Gasteiger partial charge >= 0.3 is 0 Å². The van der Waals surface area contributed by atoms with Crippen LogP contribution in [-0.4, -0.2) is 55.7 Å². The van der Waals surface area contributed by atoms with Crippen molar-refractivity contribution in [2.75, 3.05) is 45.4 Å². The van der Waals surface area contributed by atoms with Crippen molar-refractivity contribution in [1.82, 2.24) is 9.55 Å². The van der Waals surface area contributed by atoms with E-state index < -0.39 is 0 Å². The second kappa shape index (κ2) is 6.88.